The zero-order valence-electron chi connectivity index (χ0n) is 12.1. The molecule has 0 spiro atoms. The standard InChI is InChI=1S/C12H13ClN4O6S/c13-24(21,22)16-15-11(19)17-6-9(10(17)18)14-12(20)23-7-8-4-2-1-3-5-8/h1-5,9,16H,6-7H2,(H,14,20)(H,15,19). The SMILES string of the molecule is O=C(NC1CN(C(=O)NNS(=O)(=O)Cl)C1=O)OCc1ccccc1. The fraction of sp³-hybridized carbons (Fsp3) is 0.250. The number of alkyl carbamates (subject to hydrolysis) is 1. The van der Waals surface area contributed by atoms with E-state index in [4.69, 9.17) is 15.4 Å². The number of carbonyl (C=O) groups excluding carboxylic acids is 3. The molecule has 1 atom stereocenters. The van der Waals surface area contributed by atoms with Crippen molar-refractivity contribution in [1.82, 2.24) is 20.5 Å². The van der Waals surface area contributed by atoms with E-state index in [0.717, 1.165) is 5.56 Å². The molecule has 0 aromatic heterocycles. The Balaban J connectivity index is 1.73. The number of hydrazine groups is 1. The molecule has 1 saturated heterocycles. The van der Waals surface area contributed by atoms with Crippen molar-refractivity contribution in [1.29, 1.82) is 0 Å². The first-order valence-electron chi connectivity index (χ1n) is 6.56. The molecule has 10 nitrogen and oxygen atoms in total. The number of nitrogens with one attached hydrogen (secondary N) is 3. The molecule has 3 N–H and O–H groups in total. The third-order valence-electron chi connectivity index (χ3n) is 2.96. The third-order valence-corrected chi connectivity index (χ3v) is 3.54. The predicted molar refractivity (Wildman–Crippen MR) is 81.7 cm³/mol. The Morgan fingerprint density at radius 3 is 2.54 bits per heavy atom. The number of hydrogen-bond acceptors (Lipinski definition) is 6. The number of rotatable bonds is 5. The molecule has 0 radical (unpaired) electrons. The maximum atomic E-state index is 11.7. The van der Waals surface area contributed by atoms with Crippen molar-refractivity contribution in [2.75, 3.05) is 6.54 Å². The summed E-state index contributed by atoms with van der Waals surface area (Å²) in [5.41, 5.74) is 2.51. The molecule has 4 amide bonds. The molecule has 12 heteroatoms. The topological polar surface area (TPSA) is 134 Å². The number of likely N-dealkylation sites (tertiary alicyclic amines) is 1. The van der Waals surface area contributed by atoms with Gasteiger partial charge in [0.25, 0.3) is 5.91 Å². The molecule has 1 unspecified atom stereocenters. The van der Waals surface area contributed by atoms with Gasteiger partial charge < -0.3 is 10.1 Å². The van der Waals surface area contributed by atoms with Crippen molar-refractivity contribution in [3.8, 4) is 0 Å². The van der Waals surface area contributed by atoms with Crippen molar-refractivity contribution in [3.63, 3.8) is 0 Å². The molecule has 1 aromatic carbocycles. The van der Waals surface area contributed by atoms with Crippen molar-refractivity contribution < 1.29 is 27.5 Å². The number of carbonyl (C=O) groups is 3. The van der Waals surface area contributed by atoms with E-state index >= 15 is 0 Å². The number of hydrogen-bond donors (Lipinski definition) is 3. The second-order valence-electron chi connectivity index (χ2n) is 4.68. The van der Waals surface area contributed by atoms with E-state index < -0.39 is 33.3 Å². The molecule has 0 saturated carbocycles. The zero-order valence-corrected chi connectivity index (χ0v) is 13.6. The Labute approximate surface area is 141 Å². The molecule has 1 aromatic rings. The molecule has 2 rings (SSSR count). The number of halogens is 1. The first-order chi connectivity index (χ1) is 11.3. The second kappa shape index (κ2) is 7.47. The number of imide groups is 1. The number of β-lactam (4-membered cyclic amide) rings is 1. The van der Waals surface area contributed by atoms with Crippen molar-refractivity contribution in [2.24, 2.45) is 0 Å². The van der Waals surface area contributed by atoms with Gasteiger partial charge in [-0.1, -0.05) is 30.3 Å². The molecule has 0 bridgehead atoms. The smallest absolute Gasteiger partial charge is 0.408 e. The molecular weight excluding hydrogens is 364 g/mol. The molecule has 24 heavy (non-hydrogen) atoms. The van der Waals surface area contributed by atoms with E-state index in [9.17, 15) is 22.8 Å². The summed E-state index contributed by atoms with van der Waals surface area (Å²) in [5, 5.41) is 2.30. The minimum absolute atomic E-state index is 0.0370. The summed E-state index contributed by atoms with van der Waals surface area (Å²) < 4.78 is 26.2. The minimum Gasteiger partial charge on any atom is -0.445 e. The largest absolute Gasteiger partial charge is 0.445 e. The van der Waals surface area contributed by atoms with Crippen LogP contribution in [0.4, 0.5) is 9.59 Å². The highest BCUT2D eigenvalue weighted by Crippen LogP contribution is 2.11. The maximum Gasteiger partial charge on any atom is 0.408 e. The number of nitrogens with zero attached hydrogens (tertiary/aromatic N) is 1. The van der Waals surface area contributed by atoms with Crippen molar-refractivity contribution >= 4 is 38.0 Å². The molecule has 130 valence electrons. The van der Waals surface area contributed by atoms with Gasteiger partial charge in [-0.3, -0.25) is 15.1 Å². The van der Waals surface area contributed by atoms with Gasteiger partial charge in [0.15, 0.2) is 0 Å². The van der Waals surface area contributed by atoms with Crippen LogP contribution in [0.5, 0.6) is 0 Å². The summed E-state index contributed by atoms with van der Waals surface area (Å²) in [6.07, 6.45) is -0.807. The first kappa shape index (κ1) is 18.0. The molecule has 1 aliphatic rings. The number of ether oxygens (including phenoxy) is 1. The van der Waals surface area contributed by atoms with Crippen LogP contribution in [0.1, 0.15) is 5.56 Å². The maximum absolute atomic E-state index is 11.7. The Morgan fingerprint density at radius 1 is 1.29 bits per heavy atom. The van der Waals surface area contributed by atoms with Crippen LogP contribution in [0.15, 0.2) is 30.3 Å². The molecule has 1 fully saturated rings. The zero-order chi connectivity index (χ0) is 17.7. The van der Waals surface area contributed by atoms with Crippen LogP contribution in [-0.2, 0) is 25.4 Å². The first-order valence-corrected chi connectivity index (χ1v) is 8.87. The second-order valence-corrected chi connectivity index (χ2v) is 6.98. The summed E-state index contributed by atoms with van der Waals surface area (Å²) in [6, 6.07) is 7.00. The van der Waals surface area contributed by atoms with Gasteiger partial charge in [-0.25, -0.2) is 9.59 Å². The highest BCUT2D eigenvalue weighted by Gasteiger charge is 2.42. The van der Waals surface area contributed by atoms with Crippen LogP contribution >= 0.6 is 10.7 Å². The lowest BCUT2D eigenvalue weighted by Gasteiger charge is -2.36. The van der Waals surface area contributed by atoms with E-state index in [0.29, 0.717) is 4.90 Å². The van der Waals surface area contributed by atoms with E-state index in [1.165, 1.54) is 4.83 Å². The minimum atomic E-state index is -4.16. The van der Waals surface area contributed by atoms with Crippen LogP contribution in [0, 0.1) is 0 Å². The summed E-state index contributed by atoms with van der Waals surface area (Å²) >= 11 is 0. The molecular formula is C12H13ClN4O6S. The average Bonchev–Trinajstić information content (AvgIpc) is 2.54. The van der Waals surface area contributed by atoms with Crippen LogP contribution in [0.2, 0.25) is 0 Å². The Bertz CT molecular complexity index is 741. The fourth-order valence-electron chi connectivity index (χ4n) is 1.80. The predicted octanol–water partition coefficient (Wildman–Crippen LogP) is -0.179. The van der Waals surface area contributed by atoms with Crippen LogP contribution in [-0.4, -0.2) is 43.9 Å². The van der Waals surface area contributed by atoms with Gasteiger partial charge in [0.2, 0.25) is 0 Å². The highest BCUT2D eigenvalue weighted by atomic mass is 35.7. The highest BCUT2D eigenvalue weighted by molar-refractivity contribution is 8.12. The third kappa shape index (κ3) is 5.08. The molecule has 1 heterocycles. The van der Waals surface area contributed by atoms with Crippen LogP contribution in [0.25, 0.3) is 0 Å². The van der Waals surface area contributed by atoms with E-state index in [1.54, 1.807) is 29.7 Å². The van der Waals surface area contributed by atoms with Crippen LogP contribution in [0.3, 0.4) is 0 Å². The van der Waals surface area contributed by atoms with E-state index in [-0.39, 0.29) is 13.2 Å². The summed E-state index contributed by atoms with van der Waals surface area (Å²) in [7, 11) is 0.674. The quantitative estimate of drug-likeness (QED) is 0.371. The van der Waals surface area contributed by atoms with Crippen molar-refractivity contribution in [2.45, 2.75) is 12.6 Å². The van der Waals surface area contributed by atoms with Gasteiger partial charge in [0.1, 0.15) is 12.6 Å². The lowest BCUT2D eigenvalue weighted by atomic mass is 10.1. The lowest BCUT2D eigenvalue weighted by molar-refractivity contribution is -0.139. The molecule has 1 aliphatic heterocycles. The van der Waals surface area contributed by atoms with Crippen molar-refractivity contribution in [3.05, 3.63) is 35.9 Å². The summed E-state index contributed by atoms with van der Waals surface area (Å²) in [5.74, 6) is -0.710. The van der Waals surface area contributed by atoms with Crippen LogP contribution < -0.4 is 15.6 Å². The van der Waals surface area contributed by atoms with Gasteiger partial charge in [0, 0.05) is 10.7 Å². The van der Waals surface area contributed by atoms with Gasteiger partial charge in [0.05, 0.1) is 6.54 Å². The Hall–Kier alpha value is -2.37. The number of benzene rings is 1. The Morgan fingerprint density at radius 2 is 1.96 bits per heavy atom. The lowest BCUT2D eigenvalue weighted by Crippen LogP contribution is -2.68. The molecule has 0 aliphatic carbocycles. The monoisotopic (exact) mass is 376 g/mol. The van der Waals surface area contributed by atoms with E-state index in [2.05, 4.69) is 5.32 Å². The van der Waals surface area contributed by atoms with Gasteiger partial charge in [-0.2, -0.15) is 8.42 Å². The van der Waals surface area contributed by atoms with Gasteiger partial charge in [-0.15, -0.1) is 4.83 Å². The van der Waals surface area contributed by atoms with Gasteiger partial charge in [-0.05, 0) is 5.56 Å². The number of amides is 4. The summed E-state index contributed by atoms with van der Waals surface area (Å²) in [6.45, 7) is -0.0929. The van der Waals surface area contributed by atoms with Gasteiger partial charge >= 0.3 is 21.4 Å². The average molecular weight is 377 g/mol. The van der Waals surface area contributed by atoms with E-state index in [1.807, 2.05) is 6.07 Å². The number of urea groups is 1. The Kier molecular flexibility index (Phi) is 5.59. The fourth-order valence-corrected chi connectivity index (χ4v) is 2.12. The summed E-state index contributed by atoms with van der Waals surface area (Å²) in [4.78, 5) is 37.0. The normalized spacial score (nSPS) is 17.0.